The predicted octanol–water partition coefficient (Wildman–Crippen LogP) is 1.21. The maximum atomic E-state index is 11.7. The molecule has 0 aliphatic rings. The van der Waals surface area contributed by atoms with E-state index in [9.17, 15) is 4.79 Å². The summed E-state index contributed by atoms with van der Waals surface area (Å²) in [5, 5.41) is 11.2. The molecule has 2 aromatic rings. The van der Waals surface area contributed by atoms with Crippen molar-refractivity contribution in [3.63, 3.8) is 0 Å². The smallest absolute Gasteiger partial charge is 0.266 e. The second-order valence-electron chi connectivity index (χ2n) is 3.17. The Hall–Kier alpha value is -1.66. The fraction of sp³-hybridized carbons (Fsp3) is 0.200. The van der Waals surface area contributed by atoms with Gasteiger partial charge >= 0.3 is 0 Å². The number of fused-ring (bicyclic) bond motifs is 1. The Labute approximate surface area is 96.1 Å². The molecule has 0 spiro atoms. The molecule has 3 N–H and O–H groups in total. The lowest BCUT2D eigenvalue weighted by Crippen LogP contribution is -2.26. The van der Waals surface area contributed by atoms with Crippen LogP contribution in [-0.4, -0.2) is 29.1 Å². The van der Waals surface area contributed by atoms with Gasteiger partial charge in [-0.05, 0) is 24.4 Å². The van der Waals surface area contributed by atoms with E-state index in [-0.39, 0.29) is 23.9 Å². The number of amides is 1. The third-order valence-electron chi connectivity index (χ3n) is 2.10. The van der Waals surface area contributed by atoms with Crippen LogP contribution in [0.15, 0.2) is 22.6 Å². The molecule has 1 aromatic carbocycles. The van der Waals surface area contributed by atoms with Crippen LogP contribution in [0.2, 0.25) is 0 Å². The number of carbonyl (C=O) groups is 1. The van der Waals surface area contributed by atoms with Crippen LogP contribution < -0.4 is 5.32 Å². The van der Waals surface area contributed by atoms with E-state index in [1.165, 1.54) is 0 Å². The summed E-state index contributed by atoms with van der Waals surface area (Å²) < 4.78 is 5.19. The summed E-state index contributed by atoms with van der Waals surface area (Å²) in [6.45, 7) is 0.122. The summed E-state index contributed by atoms with van der Waals surface area (Å²) in [6.07, 6.45) is 0. The lowest BCUT2D eigenvalue weighted by Gasteiger charge is -2.03. The van der Waals surface area contributed by atoms with Crippen molar-refractivity contribution >= 4 is 29.2 Å². The molecule has 0 bridgehead atoms. The Kier molecular flexibility index (Phi) is 3.02. The first-order chi connectivity index (χ1) is 7.72. The van der Waals surface area contributed by atoms with Crippen molar-refractivity contribution in [3.05, 3.63) is 28.6 Å². The minimum absolute atomic E-state index is 0.0941. The normalized spacial score (nSPS) is 10.6. The van der Waals surface area contributed by atoms with Gasteiger partial charge < -0.3 is 19.8 Å². The van der Waals surface area contributed by atoms with Crippen LogP contribution in [0.5, 0.6) is 0 Å². The van der Waals surface area contributed by atoms with Crippen LogP contribution in [0.3, 0.4) is 0 Å². The zero-order valence-corrected chi connectivity index (χ0v) is 9.13. The topological polar surface area (TPSA) is 78.3 Å². The molecular formula is C10H10N2O3S. The summed E-state index contributed by atoms with van der Waals surface area (Å²) in [5.74, 6) is -0.272. The summed E-state index contributed by atoms with van der Waals surface area (Å²) in [5.41, 5.74) is 1.57. The lowest BCUT2D eigenvalue weighted by atomic mass is 10.2. The summed E-state index contributed by atoms with van der Waals surface area (Å²) in [4.78, 5) is 14.8. The lowest BCUT2D eigenvalue weighted by molar-refractivity contribution is 0.0946. The van der Waals surface area contributed by atoms with Gasteiger partial charge in [0.05, 0.1) is 17.7 Å². The quantitative estimate of drug-likeness (QED) is 0.702. The molecule has 0 atom stereocenters. The number of carbonyl (C=O) groups excluding carboxylic acids is 1. The number of aromatic nitrogens is 1. The number of oxazole rings is 1. The number of nitrogens with one attached hydrogen (secondary N) is 2. The minimum Gasteiger partial charge on any atom is -0.429 e. The molecule has 84 valence electrons. The van der Waals surface area contributed by atoms with Gasteiger partial charge in [-0.15, -0.1) is 0 Å². The first-order valence-electron chi connectivity index (χ1n) is 4.73. The van der Waals surface area contributed by atoms with Gasteiger partial charge in [-0.25, -0.2) is 0 Å². The molecule has 0 unspecified atom stereocenters. The average Bonchev–Trinajstić information content (AvgIpc) is 2.65. The van der Waals surface area contributed by atoms with Crippen LogP contribution in [0.4, 0.5) is 0 Å². The minimum atomic E-state index is -0.272. The molecule has 0 aliphatic carbocycles. The first-order valence-corrected chi connectivity index (χ1v) is 5.14. The molecule has 2 rings (SSSR count). The number of hydrogen-bond donors (Lipinski definition) is 3. The number of aliphatic hydroxyl groups is 1. The van der Waals surface area contributed by atoms with Crippen LogP contribution in [0, 0.1) is 4.84 Å². The van der Waals surface area contributed by atoms with Crippen molar-refractivity contribution in [2.24, 2.45) is 0 Å². The van der Waals surface area contributed by atoms with E-state index in [4.69, 9.17) is 21.7 Å². The first kappa shape index (κ1) is 10.8. The molecule has 5 nitrogen and oxygen atoms in total. The summed E-state index contributed by atoms with van der Waals surface area (Å²) in [7, 11) is 0. The van der Waals surface area contributed by atoms with Gasteiger partial charge in [0.25, 0.3) is 10.7 Å². The fourth-order valence-corrected chi connectivity index (χ4v) is 1.62. The number of para-hydroxylation sites is 1. The van der Waals surface area contributed by atoms with Crippen molar-refractivity contribution in [1.29, 1.82) is 0 Å². The Balaban J connectivity index is 2.43. The molecule has 1 amide bonds. The van der Waals surface area contributed by atoms with Crippen molar-refractivity contribution in [1.82, 2.24) is 10.3 Å². The molecule has 16 heavy (non-hydrogen) atoms. The van der Waals surface area contributed by atoms with Crippen LogP contribution in [0.25, 0.3) is 11.1 Å². The van der Waals surface area contributed by atoms with Gasteiger partial charge in [0.15, 0.2) is 5.58 Å². The standard InChI is InChI=1S/C10H10N2O3S/c13-5-4-11-9(14)6-2-1-3-7-8(6)12-10(16)15-7/h1-3,13H,4-5H2,(H,11,14)(H,12,16). The van der Waals surface area contributed by atoms with E-state index < -0.39 is 0 Å². The summed E-state index contributed by atoms with van der Waals surface area (Å²) in [6, 6.07) is 5.10. The van der Waals surface area contributed by atoms with Crippen molar-refractivity contribution in [3.8, 4) is 0 Å². The highest BCUT2D eigenvalue weighted by Gasteiger charge is 2.11. The van der Waals surface area contributed by atoms with Crippen LogP contribution in [0.1, 0.15) is 10.4 Å². The largest absolute Gasteiger partial charge is 0.429 e. The third-order valence-corrected chi connectivity index (χ3v) is 2.28. The molecule has 0 saturated heterocycles. The van der Waals surface area contributed by atoms with E-state index in [0.29, 0.717) is 16.7 Å². The zero-order chi connectivity index (χ0) is 11.5. The van der Waals surface area contributed by atoms with E-state index in [0.717, 1.165) is 0 Å². The number of benzene rings is 1. The van der Waals surface area contributed by atoms with E-state index in [2.05, 4.69) is 10.3 Å². The predicted molar refractivity (Wildman–Crippen MR) is 60.8 cm³/mol. The molecule has 0 fully saturated rings. The Morgan fingerprint density at radius 2 is 2.38 bits per heavy atom. The molecule has 1 heterocycles. The highest BCUT2D eigenvalue weighted by molar-refractivity contribution is 7.71. The second-order valence-corrected chi connectivity index (χ2v) is 3.54. The van der Waals surface area contributed by atoms with E-state index >= 15 is 0 Å². The number of hydrogen-bond acceptors (Lipinski definition) is 4. The van der Waals surface area contributed by atoms with Gasteiger partial charge in [0.2, 0.25) is 0 Å². The molecule has 0 radical (unpaired) electrons. The number of H-pyrrole nitrogens is 1. The molecule has 0 aliphatic heterocycles. The maximum Gasteiger partial charge on any atom is 0.266 e. The van der Waals surface area contributed by atoms with Gasteiger partial charge in [0.1, 0.15) is 0 Å². The second kappa shape index (κ2) is 4.46. The van der Waals surface area contributed by atoms with Crippen molar-refractivity contribution in [2.45, 2.75) is 0 Å². The monoisotopic (exact) mass is 238 g/mol. The van der Waals surface area contributed by atoms with Crippen LogP contribution in [-0.2, 0) is 0 Å². The highest BCUT2D eigenvalue weighted by atomic mass is 32.1. The number of rotatable bonds is 3. The number of aliphatic hydroxyl groups excluding tert-OH is 1. The van der Waals surface area contributed by atoms with Crippen molar-refractivity contribution in [2.75, 3.05) is 13.2 Å². The molecule has 1 aromatic heterocycles. The van der Waals surface area contributed by atoms with Crippen molar-refractivity contribution < 1.29 is 14.3 Å². The Morgan fingerprint density at radius 1 is 1.56 bits per heavy atom. The van der Waals surface area contributed by atoms with Crippen LogP contribution >= 0.6 is 12.2 Å². The van der Waals surface area contributed by atoms with Gasteiger partial charge in [0, 0.05) is 6.54 Å². The highest BCUT2D eigenvalue weighted by Crippen LogP contribution is 2.17. The van der Waals surface area contributed by atoms with Gasteiger partial charge in [-0.1, -0.05) is 6.07 Å². The SMILES string of the molecule is O=C(NCCO)c1cccc2oc(=S)[nH]c12. The molecule has 0 saturated carbocycles. The maximum absolute atomic E-state index is 11.7. The van der Waals surface area contributed by atoms with E-state index in [1.807, 2.05) is 0 Å². The molecular weight excluding hydrogens is 228 g/mol. The molecule has 6 heteroatoms. The zero-order valence-electron chi connectivity index (χ0n) is 8.32. The Bertz CT molecular complexity index is 573. The van der Waals surface area contributed by atoms with Gasteiger partial charge in [-0.2, -0.15) is 0 Å². The fourth-order valence-electron chi connectivity index (χ4n) is 1.43. The third kappa shape index (κ3) is 1.98. The Morgan fingerprint density at radius 3 is 3.12 bits per heavy atom. The number of aromatic amines is 1. The van der Waals surface area contributed by atoms with E-state index in [1.54, 1.807) is 18.2 Å². The van der Waals surface area contributed by atoms with Gasteiger partial charge in [-0.3, -0.25) is 4.79 Å². The summed E-state index contributed by atoms with van der Waals surface area (Å²) >= 11 is 4.85. The average molecular weight is 238 g/mol.